The third-order valence-electron chi connectivity index (χ3n) is 10.9. The first-order chi connectivity index (χ1) is 31.8. The van der Waals surface area contributed by atoms with Crippen molar-refractivity contribution in [3.05, 3.63) is 83.9 Å². The zero-order chi connectivity index (χ0) is 49.2. The maximum atomic E-state index is 14.5. The maximum Gasteiger partial charge on any atom is 0.305 e. The van der Waals surface area contributed by atoms with E-state index in [-0.39, 0.29) is 56.9 Å². The average Bonchev–Trinajstić information content (AvgIpc) is 3.99. The van der Waals surface area contributed by atoms with Crippen molar-refractivity contribution >= 4 is 53.3 Å². The number of aromatic hydroxyl groups is 1. The lowest BCUT2D eigenvalue weighted by atomic mass is 9.99. The van der Waals surface area contributed by atoms with Crippen LogP contribution in [0.15, 0.2) is 72.1 Å². The smallest absolute Gasteiger partial charge is 0.305 e. The molecule has 0 unspecified atom stereocenters. The minimum atomic E-state index is -1.50. The molecule has 0 bridgehead atoms. The van der Waals surface area contributed by atoms with E-state index in [1.165, 1.54) is 41.7 Å². The van der Waals surface area contributed by atoms with E-state index in [0.29, 0.717) is 29.7 Å². The van der Waals surface area contributed by atoms with E-state index in [1.807, 2.05) is 0 Å². The van der Waals surface area contributed by atoms with Crippen molar-refractivity contribution in [1.82, 2.24) is 41.5 Å². The van der Waals surface area contributed by atoms with Crippen molar-refractivity contribution in [2.75, 3.05) is 13.1 Å². The summed E-state index contributed by atoms with van der Waals surface area (Å²) in [5, 5.41) is 32.4. The molecule has 23 heteroatoms. The molecule has 0 aliphatic carbocycles. The Kier molecular flexibility index (Phi) is 19.6. The van der Waals surface area contributed by atoms with Crippen molar-refractivity contribution in [3.8, 4) is 5.75 Å². The molecular formula is C44H61N13O10. The number of carbonyl (C=O) groups excluding carboxylic acids is 7. The Morgan fingerprint density at radius 3 is 1.93 bits per heavy atom. The van der Waals surface area contributed by atoms with Crippen LogP contribution in [0.2, 0.25) is 0 Å². The Balaban J connectivity index is 1.63. The van der Waals surface area contributed by atoms with Crippen LogP contribution < -0.4 is 49.5 Å². The van der Waals surface area contributed by atoms with E-state index in [1.54, 1.807) is 44.2 Å². The number of aromatic nitrogens is 2. The number of likely N-dealkylation sites (tertiary alicyclic amines) is 1. The molecule has 1 aliphatic heterocycles. The summed E-state index contributed by atoms with van der Waals surface area (Å²) < 4.78 is 0. The molecule has 67 heavy (non-hydrogen) atoms. The van der Waals surface area contributed by atoms with E-state index < -0.39 is 102 Å². The number of hydrogen-bond donors (Lipinski definition) is 12. The van der Waals surface area contributed by atoms with Crippen LogP contribution in [-0.4, -0.2) is 134 Å². The van der Waals surface area contributed by atoms with Gasteiger partial charge in [-0.15, -0.1) is 0 Å². The number of carboxylic acids is 1. The number of aliphatic carboxylic acids is 1. The minimum absolute atomic E-state index is 0.0453. The molecular weight excluding hydrogens is 871 g/mol. The Hall–Kier alpha value is -7.56. The molecule has 0 saturated carbocycles. The molecule has 7 atom stereocenters. The van der Waals surface area contributed by atoms with Gasteiger partial charge >= 0.3 is 5.97 Å². The van der Waals surface area contributed by atoms with E-state index in [4.69, 9.17) is 28.0 Å². The number of phenols is 1. The summed E-state index contributed by atoms with van der Waals surface area (Å²) >= 11 is 0. The fraction of sp³-hybridized carbons (Fsp3) is 0.455. The van der Waals surface area contributed by atoms with Gasteiger partial charge in [-0.1, -0.05) is 56.3 Å². The lowest BCUT2D eigenvalue weighted by Crippen LogP contribution is -2.61. The van der Waals surface area contributed by atoms with Gasteiger partial charge < -0.3 is 69.6 Å². The number of benzene rings is 2. The van der Waals surface area contributed by atoms with Crippen molar-refractivity contribution in [3.63, 3.8) is 0 Å². The normalized spacial score (nSPS) is 16.0. The van der Waals surface area contributed by atoms with Gasteiger partial charge in [0.05, 0.1) is 18.8 Å². The summed E-state index contributed by atoms with van der Waals surface area (Å²) in [6.45, 7) is 3.56. The highest BCUT2D eigenvalue weighted by molar-refractivity contribution is 5.98. The van der Waals surface area contributed by atoms with E-state index in [9.17, 15) is 43.5 Å². The lowest BCUT2D eigenvalue weighted by molar-refractivity contribution is -0.141. The van der Waals surface area contributed by atoms with Crippen molar-refractivity contribution in [2.24, 2.45) is 33.8 Å². The van der Waals surface area contributed by atoms with Crippen LogP contribution in [0, 0.1) is 5.92 Å². The number of primary amides is 1. The first kappa shape index (κ1) is 52.1. The topological polar surface area (TPSA) is 386 Å². The molecule has 362 valence electrons. The molecule has 23 nitrogen and oxygen atoms in total. The van der Waals surface area contributed by atoms with Crippen LogP contribution in [0.1, 0.15) is 62.8 Å². The largest absolute Gasteiger partial charge is 0.508 e. The van der Waals surface area contributed by atoms with E-state index in [2.05, 4.69) is 41.5 Å². The van der Waals surface area contributed by atoms with Gasteiger partial charge in [-0.3, -0.25) is 43.3 Å². The van der Waals surface area contributed by atoms with Gasteiger partial charge in [-0.25, -0.2) is 4.98 Å². The summed E-state index contributed by atoms with van der Waals surface area (Å²) in [7, 11) is 0. The number of nitrogens with one attached hydrogen (secondary N) is 6. The predicted molar refractivity (Wildman–Crippen MR) is 243 cm³/mol. The predicted octanol–water partition coefficient (Wildman–Crippen LogP) is -2.44. The molecule has 4 rings (SSSR count). The average molecular weight is 932 g/mol. The molecule has 3 aromatic rings. The number of carbonyl (C=O) groups is 8. The second kappa shape index (κ2) is 25.2. The Bertz CT molecular complexity index is 2200. The molecule has 2 aromatic carbocycles. The van der Waals surface area contributed by atoms with E-state index in [0.717, 1.165) is 0 Å². The number of guanidine groups is 1. The number of phenolic OH excluding ortho intramolecular Hbond substituents is 1. The molecule has 1 fully saturated rings. The third kappa shape index (κ3) is 16.4. The Morgan fingerprint density at radius 2 is 1.36 bits per heavy atom. The van der Waals surface area contributed by atoms with E-state index >= 15 is 0 Å². The number of H-pyrrole nitrogens is 1. The summed E-state index contributed by atoms with van der Waals surface area (Å²) in [4.78, 5) is 120. The number of aliphatic imine (C=N–C) groups is 1. The number of nitrogens with zero attached hydrogens (tertiary/aromatic N) is 3. The number of imidazole rings is 1. The summed E-state index contributed by atoms with van der Waals surface area (Å²) in [6, 6.07) is 5.59. The monoisotopic (exact) mass is 931 g/mol. The first-order valence-electron chi connectivity index (χ1n) is 21.8. The number of rotatable bonds is 25. The van der Waals surface area contributed by atoms with Crippen LogP contribution >= 0.6 is 0 Å². The van der Waals surface area contributed by atoms with Crippen molar-refractivity contribution in [1.29, 1.82) is 0 Å². The fourth-order valence-electron chi connectivity index (χ4n) is 7.41. The standard InChI is InChI=1S/C44H61N13O10/c1-24(2)36(56-39(63)30(10-6-16-50-44(47)48)52-38(62)29(45)21-35(59)60)42(66)54-32(19-26-12-14-28(58)15-13-26)40(64)53-31(18-25-8-4-3-5-9-25)41(65)55-33(20-27-22-49-23-51-27)43(67)57-17-7-11-34(57)37(46)61/h3-5,8-9,12-15,22-24,29-34,36,58H,6-7,10-11,16-21,45H2,1-2H3,(H2,46,61)(H,49,51)(H,52,62)(H,53,64)(H,54,66)(H,55,65)(H,56,63)(H,59,60)(H4,47,48,50)/t29-,30-,31-,32-,33-,34-,36-/m0/s1. The highest BCUT2D eigenvalue weighted by atomic mass is 16.4. The maximum absolute atomic E-state index is 14.5. The third-order valence-corrected chi connectivity index (χ3v) is 10.9. The number of hydrogen-bond acceptors (Lipinski definition) is 12. The molecule has 0 radical (unpaired) electrons. The van der Waals surface area contributed by atoms with Gasteiger partial charge in [0, 0.05) is 44.2 Å². The number of nitrogens with two attached hydrogens (primary N) is 4. The van der Waals surface area contributed by atoms with Gasteiger partial charge in [0.25, 0.3) is 0 Å². The van der Waals surface area contributed by atoms with Gasteiger partial charge in [-0.05, 0) is 54.9 Å². The van der Waals surface area contributed by atoms with Gasteiger partial charge in [-0.2, -0.15) is 0 Å². The molecule has 2 heterocycles. The van der Waals surface area contributed by atoms with Crippen LogP contribution in [0.4, 0.5) is 0 Å². The number of amides is 7. The summed E-state index contributed by atoms with van der Waals surface area (Å²) in [5.74, 6) is -7.63. The lowest BCUT2D eigenvalue weighted by Gasteiger charge is -2.30. The van der Waals surface area contributed by atoms with Gasteiger partial charge in [0.1, 0.15) is 42.0 Å². The second-order valence-electron chi connectivity index (χ2n) is 16.6. The van der Waals surface area contributed by atoms with Crippen molar-refractivity contribution in [2.45, 2.75) is 108 Å². The summed E-state index contributed by atoms with van der Waals surface area (Å²) in [6.07, 6.45) is 2.92. The molecule has 0 spiro atoms. The van der Waals surface area contributed by atoms with Crippen LogP contribution in [0.25, 0.3) is 0 Å². The molecule has 16 N–H and O–H groups in total. The SMILES string of the molecule is CC(C)[C@H](NC(=O)[C@H](CCCN=C(N)N)NC(=O)[C@@H](N)CC(=O)O)C(=O)N[C@@H](Cc1ccc(O)cc1)C(=O)N[C@@H](Cc1ccccc1)C(=O)N[C@@H](Cc1cnc[nH]1)C(=O)N1CCC[C@H]1C(N)=O. The minimum Gasteiger partial charge on any atom is -0.508 e. The summed E-state index contributed by atoms with van der Waals surface area (Å²) in [5.41, 5.74) is 23.9. The van der Waals surface area contributed by atoms with Crippen molar-refractivity contribution < 1.29 is 48.6 Å². The van der Waals surface area contributed by atoms with Crippen LogP contribution in [0.3, 0.4) is 0 Å². The fourth-order valence-corrected chi connectivity index (χ4v) is 7.41. The second-order valence-corrected chi connectivity index (χ2v) is 16.6. The first-order valence-corrected chi connectivity index (χ1v) is 21.8. The zero-order valence-electron chi connectivity index (χ0n) is 37.4. The quantitative estimate of drug-likeness (QED) is 0.0239. The number of carboxylic acid groups (broad SMARTS) is 1. The zero-order valence-corrected chi connectivity index (χ0v) is 37.4. The highest BCUT2D eigenvalue weighted by Crippen LogP contribution is 2.20. The molecule has 7 amide bonds. The highest BCUT2D eigenvalue weighted by Gasteiger charge is 2.39. The molecule has 1 aromatic heterocycles. The molecule has 1 saturated heterocycles. The van der Waals surface area contributed by atoms with Crippen LogP contribution in [-0.2, 0) is 57.6 Å². The Morgan fingerprint density at radius 1 is 0.776 bits per heavy atom. The van der Waals surface area contributed by atoms with Crippen LogP contribution in [0.5, 0.6) is 5.75 Å². The Labute approximate surface area is 386 Å². The molecule has 1 aliphatic rings. The van der Waals surface area contributed by atoms with Gasteiger partial charge in [0.15, 0.2) is 5.96 Å². The number of aromatic amines is 1. The van der Waals surface area contributed by atoms with Gasteiger partial charge in [0.2, 0.25) is 41.4 Å².